The Hall–Kier alpha value is -2.88. The van der Waals surface area contributed by atoms with Crippen molar-refractivity contribution in [2.75, 3.05) is 19.3 Å². The predicted molar refractivity (Wildman–Crippen MR) is 92.3 cm³/mol. The summed E-state index contributed by atoms with van der Waals surface area (Å²) in [5.41, 5.74) is 11.6. The normalized spacial score (nSPS) is 14.1. The van der Waals surface area contributed by atoms with Crippen LogP contribution in [0.5, 0.6) is 0 Å². The van der Waals surface area contributed by atoms with Gasteiger partial charge in [0, 0.05) is 42.0 Å². The number of likely N-dealkylation sites (N-methyl/N-ethyl adjacent to an activating group) is 1. The highest BCUT2D eigenvalue weighted by molar-refractivity contribution is 6.04. The van der Waals surface area contributed by atoms with Gasteiger partial charge in [-0.2, -0.15) is 0 Å². The lowest BCUT2D eigenvalue weighted by molar-refractivity contribution is 0.0781. The average molecular weight is 303 g/mol. The molecule has 0 saturated carbocycles. The quantitative estimate of drug-likeness (QED) is 0.703. The van der Waals surface area contributed by atoms with Crippen molar-refractivity contribution in [2.24, 2.45) is 0 Å². The van der Waals surface area contributed by atoms with E-state index < -0.39 is 0 Å². The van der Waals surface area contributed by atoms with Gasteiger partial charge in [-0.25, -0.2) is 0 Å². The summed E-state index contributed by atoms with van der Waals surface area (Å²) in [6.45, 7) is 0.750. The summed E-state index contributed by atoms with van der Waals surface area (Å²) in [4.78, 5) is 18.6. The van der Waals surface area contributed by atoms with Gasteiger partial charge in [0.1, 0.15) is 0 Å². The molecule has 4 heteroatoms. The predicted octanol–water partition coefficient (Wildman–Crippen LogP) is 3.11. The van der Waals surface area contributed by atoms with Crippen molar-refractivity contribution < 1.29 is 4.79 Å². The van der Waals surface area contributed by atoms with Crippen molar-refractivity contribution >= 4 is 22.5 Å². The van der Waals surface area contributed by atoms with Crippen molar-refractivity contribution in [3.8, 4) is 11.1 Å². The third-order valence-corrected chi connectivity index (χ3v) is 4.51. The molecule has 2 aromatic carbocycles. The summed E-state index contributed by atoms with van der Waals surface area (Å²) in [7, 11) is 1.84. The maximum absolute atomic E-state index is 12.3. The number of nitrogens with zero attached hydrogens (tertiary/aromatic N) is 2. The summed E-state index contributed by atoms with van der Waals surface area (Å²) < 4.78 is 0. The zero-order valence-electron chi connectivity index (χ0n) is 12.9. The van der Waals surface area contributed by atoms with Gasteiger partial charge in [0.05, 0.1) is 5.52 Å². The standard InChI is InChI=1S/C19H17N3O/c1-22-9-7-12-10-16-13(14-4-2-3-5-17(14)20)6-8-21-18(16)11-15(12)19(22)23/h2-6,8,10-11H,7,9,20H2,1H3. The fourth-order valence-electron chi connectivity index (χ4n) is 3.22. The van der Waals surface area contributed by atoms with Crippen LogP contribution in [0, 0.1) is 0 Å². The van der Waals surface area contributed by atoms with E-state index in [1.54, 1.807) is 11.1 Å². The second-order valence-corrected chi connectivity index (χ2v) is 5.95. The minimum absolute atomic E-state index is 0.0691. The van der Waals surface area contributed by atoms with Gasteiger partial charge in [-0.15, -0.1) is 0 Å². The van der Waals surface area contributed by atoms with Crippen molar-refractivity contribution in [1.82, 2.24) is 9.88 Å². The molecule has 0 unspecified atom stereocenters. The SMILES string of the molecule is CN1CCc2cc3c(-c4ccccc4N)ccnc3cc2C1=O. The first-order chi connectivity index (χ1) is 11.1. The second-order valence-electron chi connectivity index (χ2n) is 5.95. The smallest absolute Gasteiger partial charge is 0.253 e. The van der Waals surface area contributed by atoms with E-state index in [4.69, 9.17) is 5.73 Å². The molecule has 0 spiro atoms. The van der Waals surface area contributed by atoms with Crippen LogP contribution in [0.4, 0.5) is 5.69 Å². The highest BCUT2D eigenvalue weighted by atomic mass is 16.2. The molecule has 0 aliphatic carbocycles. The number of carbonyl (C=O) groups excluding carboxylic acids is 1. The summed E-state index contributed by atoms with van der Waals surface area (Å²) in [5, 5.41) is 1.04. The molecular formula is C19H17N3O. The first kappa shape index (κ1) is 13.8. The number of anilines is 1. The molecule has 1 aliphatic heterocycles. The van der Waals surface area contributed by atoms with Crippen molar-refractivity contribution in [3.05, 3.63) is 59.8 Å². The molecule has 1 aromatic heterocycles. The van der Waals surface area contributed by atoms with Gasteiger partial charge in [0.25, 0.3) is 5.91 Å². The maximum Gasteiger partial charge on any atom is 0.253 e. The number of aromatic nitrogens is 1. The Morgan fingerprint density at radius 2 is 1.91 bits per heavy atom. The van der Waals surface area contributed by atoms with E-state index in [0.717, 1.165) is 51.8 Å². The number of para-hydroxylation sites is 1. The molecule has 1 aliphatic rings. The molecule has 114 valence electrons. The van der Waals surface area contributed by atoms with E-state index in [1.807, 2.05) is 43.4 Å². The minimum Gasteiger partial charge on any atom is -0.398 e. The van der Waals surface area contributed by atoms with Crippen LogP contribution in [-0.4, -0.2) is 29.4 Å². The lowest BCUT2D eigenvalue weighted by Gasteiger charge is -2.25. The molecule has 4 rings (SSSR count). The molecule has 0 radical (unpaired) electrons. The number of hydrogen-bond donors (Lipinski definition) is 1. The first-order valence-corrected chi connectivity index (χ1v) is 7.67. The van der Waals surface area contributed by atoms with Crippen LogP contribution < -0.4 is 5.73 Å². The molecule has 0 atom stereocenters. The first-order valence-electron chi connectivity index (χ1n) is 7.67. The van der Waals surface area contributed by atoms with Crippen LogP contribution in [0.3, 0.4) is 0 Å². The van der Waals surface area contributed by atoms with Gasteiger partial charge in [0.2, 0.25) is 0 Å². The van der Waals surface area contributed by atoms with Crippen LogP contribution in [-0.2, 0) is 6.42 Å². The van der Waals surface area contributed by atoms with E-state index in [-0.39, 0.29) is 5.91 Å². The van der Waals surface area contributed by atoms with E-state index in [0.29, 0.717) is 0 Å². The molecule has 23 heavy (non-hydrogen) atoms. The van der Waals surface area contributed by atoms with E-state index in [9.17, 15) is 4.79 Å². The van der Waals surface area contributed by atoms with Crippen LogP contribution in [0.15, 0.2) is 48.7 Å². The molecule has 3 aromatic rings. The van der Waals surface area contributed by atoms with Gasteiger partial charge >= 0.3 is 0 Å². The van der Waals surface area contributed by atoms with Gasteiger partial charge < -0.3 is 10.6 Å². The van der Waals surface area contributed by atoms with E-state index in [1.165, 1.54) is 0 Å². The second kappa shape index (κ2) is 5.09. The molecule has 0 fully saturated rings. The lowest BCUT2D eigenvalue weighted by Crippen LogP contribution is -2.34. The molecular weight excluding hydrogens is 286 g/mol. The Labute approximate surface area is 134 Å². The summed E-state index contributed by atoms with van der Waals surface area (Å²) in [6.07, 6.45) is 2.64. The van der Waals surface area contributed by atoms with Crippen LogP contribution in [0.1, 0.15) is 15.9 Å². The number of nitrogen functional groups attached to an aromatic ring is 1. The maximum atomic E-state index is 12.3. The summed E-state index contributed by atoms with van der Waals surface area (Å²) in [6, 6.07) is 13.8. The highest BCUT2D eigenvalue weighted by Crippen LogP contribution is 2.33. The Balaban J connectivity index is 1.99. The topological polar surface area (TPSA) is 59.2 Å². The van der Waals surface area contributed by atoms with Gasteiger partial charge in [-0.05, 0) is 41.8 Å². The van der Waals surface area contributed by atoms with E-state index >= 15 is 0 Å². The Bertz CT molecular complexity index is 933. The summed E-state index contributed by atoms with van der Waals surface area (Å²) in [5.74, 6) is 0.0691. The number of hydrogen-bond acceptors (Lipinski definition) is 3. The molecule has 4 nitrogen and oxygen atoms in total. The molecule has 0 bridgehead atoms. The number of amides is 1. The van der Waals surface area contributed by atoms with Gasteiger partial charge in [-0.3, -0.25) is 9.78 Å². The Kier molecular flexibility index (Phi) is 3.05. The number of rotatable bonds is 1. The minimum atomic E-state index is 0.0691. The van der Waals surface area contributed by atoms with Crippen LogP contribution in [0.25, 0.3) is 22.0 Å². The zero-order chi connectivity index (χ0) is 16.0. The van der Waals surface area contributed by atoms with Crippen LogP contribution in [0.2, 0.25) is 0 Å². The Morgan fingerprint density at radius 3 is 2.74 bits per heavy atom. The largest absolute Gasteiger partial charge is 0.398 e. The monoisotopic (exact) mass is 303 g/mol. The van der Waals surface area contributed by atoms with Crippen molar-refractivity contribution in [1.29, 1.82) is 0 Å². The molecule has 0 saturated heterocycles. The molecule has 1 amide bonds. The number of pyridine rings is 1. The van der Waals surface area contributed by atoms with Crippen LogP contribution >= 0.6 is 0 Å². The van der Waals surface area contributed by atoms with Crippen molar-refractivity contribution in [2.45, 2.75) is 6.42 Å². The fourth-order valence-corrected chi connectivity index (χ4v) is 3.22. The molecule has 2 N–H and O–H groups in total. The number of benzene rings is 2. The van der Waals surface area contributed by atoms with Gasteiger partial charge in [-0.1, -0.05) is 18.2 Å². The number of carbonyl (C=O) groups is 1. The highest BCUT2D eigenvalue weighted by Gasteiger charge is 2.22. The third-order valence-electron chi connectivity index (χ3n) is 4.51. The Morgan fingerprint density at radius 1 is 1.09 bits per heavy atom. The fraction of sp³-hybridized carbons (Fsp3) is 0.158. The number of nitrogens with two attached hydrogens (primary N) is 1. The zero-order valence-corrected chi connectivity index (χ0v) is 12.9. The third kappa shape index (κ3) is 2.14. The molecule has 2 heterocycles. The van der Waals surface area contributed by atoms with Crippen molar-refractivity contribution in [3.63, 3.8) is 0 Å². The summed E-state index contributed by atoms with van der Waals surface area (Å²) >= 11 is 0. The lowest BCUT2D eigenvalue weighted by atomic mass is 9.93. The van der Waals surface area contributed by atoms with Gasteiger partial charge in [0.15, 0.2) is 0 Å². The average Bonchev–Trinajstić information content (AvgIpc) is 2.57. The number of fused-ring (bicyclic) bond motifs is 2. The van der Waals surface area contributed by atoms with E-state index in [2.05, 4.69) is 11.1 Å².